The number of amidine groups is 1. The second-order valence-corrected chi connectivity index (χ2v) is 8.87. The standard InChI is InChI=1S/C12H14N2O4S2/c15-19(16)7-3-4-9(8-19)13-12-10-5-1-2-6-11(10)20(17,18)14-12/h1-2,5-6,9H,3-4,7-8H2,(H,13,14). The quantitative estimate of drug-likeness (QED) is 0.807. The van der Waals surface area contributed by atoms with Crippen molar-refractivity contribution in [2.45, 2.75) is 23.8 Å². The van der Waals surface area contributed by atoms with E-state index in [1.165, 1.54) is 6.07 Å². The maximum atomic E-state index is 11.9. The van der Waals surface area contributed by atoms with Crippen LogP contribution in [0.1, 0.15) is 18.4 Å². The van der Waals surface area contributed by atoms with Crippen molar-refractivity contribution in [3.05, 3.63) is 29.8 Å². The van der Waals surface area contributed by atoms with Crippen molar-refractivity contribution in [2.75, 3.05) is 11.5 Å². The lowest BCUT2D eigenvalue weighted by atomic mass is 10.1. The van der Waals surface area contributed by atoms with Crippen LogP contribution >= 0.6 is 0 Å². The van der Waals surface area contributed by atoms with Gasteiger partial charge in [-0.2, -0.15) is 0 Å². The first-order valence-electron chi connectivity index (χ1n) is 6.28. The molecule has 2 aliphatic heterocycles. The lowest BCUT2D eigenvalue weighted by Crippen LogP contribution is -2.31. The molecule has 0 aliphatic carbocycles. The SMILES string of the molecule is O=S1(=O)CCCC(N=C2NS(=O)(=O)c3ccccc32)C1. The van der Waals surface area contributed by atoms with Gasteiger partial charge >= 0.3 is 0 Å². The van der Waals surface area contributed by atoms with Gasteiger partial charge in [0.15, 0.2) is 9.84 Å². The molecule has 0 saturated carbocycles. The third-order valence-electron chi connectivity index (χ3n) is 3.41. The molecule has 2 heterocycles. The highest BCUT2D eigenvalue weighted by Crippen LogP contribution is 2.24. The van der Waals surface area contributed by atoms with Crippen LogP contribution in [0.15, 0.2) is 34.2 Å². The van der Waals surface area contributed by atoms with Gasteiger partial charge in [0.2, 0.25) is 0 Å². The van der Waals surface area contributed by atoms with Crippen LogP contribution in [-0.4, -0.2) is 40.2 Å². The molecule has 8 heteroatoms. The van der Waals surface area contributed by atoms with E-state index in [-0.39, 0.29) is 28.3 Å². The molecule has 6 nitrogen and oxygen atoms in total. The van der Waals surface area contributed by atoms with Crippen molar-refractivity contribution in [3.8, 4) is 0 Å². The number of nitrogens with zero attached hydrogens (tertiary/aromatic N) is 1. The summed E-state index contributed by atoms with van der Waals surface area (Å²) < 4.78 is 49.4. The number of hydrogen-bond acceptors (Lipinski definition) is 5. The van der Waals surface area contributed by atoms with Crippen molar-refractivity contribution in [3.63, 3.8) is 0 Å². The fraction of sp³-hybridized carbons (Fsp3) is 0.417. The minimum Gasteiger partial charge on any atom is -0.263 e. The highest BCUT2D eigenvalue weighted by atomic mass is 32.2. The first-order chi connectivity index (χ1) is 9.37. The van der Waals surface area contributed by atoms with Gasteiger partial charge in [0.1, 0.15) is 5.84 Å². The van der Waals surface area contributed by atoms with E-state index in [2.05, 4.69) is 9.71 Å². The van der Waals surface area contributed by atoms with Crippen molar-refractivity contribution in [1.82, 2.24) is 4.72 Å². The normalized spacial score (nSPS) is 28.8. The summed E-state index contributed by atoms with van der Waals surface area (Å²) in [5.74, 6) is 0.430. The van der Waals surface area contributed by atoms with E-state index in [1.54, 1.807) is 18.2 Å². The van der Waals surface area contributed by atoms with Crippen molar-refractivity contribution >= 4 is 25.7 Å². The molecule has 1 atom stereocenters. The second kappa shape index (κ2) is 4.56. The third-order valence-corrected chi connectivity index (χ3v) is 6.61. The Bertz CT molecular complexity index is 781. The molecule has 3 rings (SSSR count). The minimum atomic E-state index is -3.56. The van der Waals surface area contributed by atoms with Gasteiger partial charge in [-0.25, -0.2) is 16.8 Å². The number of sulfone groups is 1. The molecule has 108 valence electrons. The van der Waals surface area contributed by atoms with Crippen LogP contribution in [0.25, 0.3) is 0 Å². The summed E-state index contributed by atoms with van der Waals surface area (Å²) in [5, 5.41) is 0. The molecule has 1 unspecified atom stereocenters. The number of nitrogens with one attached hydrogen (secondary N) is 1. The number of aliphatic imine (C=N–C) groups is 1. The van der Waals surface area contributed by atoms with Crippen LogP contribution in [0.5, 0.6) is 0 Å². The number of rotatable bonds is 1. The maximum Gasteiger partial charge on any atom is 0.263 e. The van der Waals surface area contributed by atoms with Crippen molar-refractivity contribution < 1.29 is 16.8 Å². The fourth-order valence-corrected chi connectivity index (χ4v) is 5.35. The van der Waals surface area contributed by atoms with Gasteiger partial charge in [0.05, 0.1) is 22.4 Å². The number of sulfonamides is 1. The summed E-state index contributed by atoms with van der Waals surface area (Å²) in [6.45, 7) is 0. The summed E-state index contributed by atoms with van der Waals surface area (Å²) >= 11 is 0. The molecule has 1 fully saturated rings. The van der Waals surface area contributed by atoms with Crippen molar-refractivity contribution in [1.29, 1.82) is 0 Å². The van der Waals surface area contributed by atoms with Gasteiger partial charge < -0.3 is 0 Å². The Morgan fingerprint density at radius 1 is 1.15 bits per heavy atom. The molecular formula is C12H14N2O4S2. The monoisotopic (exact) mass is 314 g/mol. The van der Waals surface area contributed by atoms with Crippen LogP contribution in [-0.2, 0) is 19.9 Å². The summed E-state index contributed by atoms with van der Waals surface area (Å²) in [6, 6.07) is 6.18. The predicted molar refractivity (Wildman–Crippen MR) is 75.0 cm³/mol. The predicted octanol–water partition coefficient (Wildman–Crippen LogP) is 0.302. The smallest absolute Gasteiger partial charge is 0.263 e. The summed E-state index contributed by atoms with van der Waals surface area (Å²) in [7, 11) is -6.63. The zero-order valence-electron chi connectivity index (χ0n) is 10.6. The van der Waals surface area contributed by atoms with E-state index in [9.17, 15) is 16.8 Å². The average Bonchev–Trinajstić information content (AvgIpc) is 2.61. The molecule has 1 aromatic carbocycles. The summed E-state index contributed by atoms with van der Waals surface area (Å²) in [4.78, 5) is 4.51. The molecule has 0 aromatic heterocycles. The lowest BCUT2D eigenvalue weighted by Gasteiger charge is -2.18. The van der Waals surface area contributed by atoms with Crippen molar-refractivity contribution in [2.24, 2.45) is 4.99 Å². The summed E-state index contributed by atoms with van der Waals surface area (Å²) in [6.07, 6.45) is 1.23. The minimum absolute atomic E-state index is 0.0135. The van der Waals surface area contributed by atoms with Crippen LogP contribution in [0.2, 0.25) is 0 Å². The molecule has 20 heavy (non-hydrogen) atoms. The fourth-order valence-electron chi connectivity index (χ4n) is 2.51. The van der Waals surface area contributed by atoms with Gasteiger partial charge in [-0.3, -0.25) is 9.71 Å². The number of benzene rings is 1. The first kappa shape index (κ1) is 13.6. The Balaban J connectivity index is 1.98. The van der Waals surface area contributed by atoms with Gasteiger partial charge in [-0.15, -0.1) is 0 Å². The second-order valence-electron chi connectivity index (χ2n) is 4.99. The van der Waals surface area contributed by atoms with E-state index in [0.29, 0.717) is 18.4 Å². The van der Waals surface area contributed by atoms with Crippen LogP contribution < -0.4 is 4.72 Å². The molecule has 1 aromatic rings. The van der Waals surface area contributed by atoms with E-state index < -0.39 is 19.9 Å². The Labute approximate surface area is 117 Å². The Morgan fingerprint density at radius 2 is 1.90 bits per heavy atom. The van der Waals surface area contributed by atoms with Crippen LogP contribution in [0.4, 0.5) is 0 Å². The third kappa shape index (κ3) is 2.45. The van der Waals surface area contributed by atoms with Gasteiger partial charge in [0.25, 0.3) is 10.0 Å². The number of hydrogen-bond donors (Lipinski definition) is 1. The first-order valence-corrected chi connectivity index (χ1v) is 9.58. The molecular weight excluding hydrogens is 300 g/mol. The Hall–Kier alpha value is -1.41. The van der Waals surface area contributed by atoms with E-state index in [0.717, 1.165) is 0 Å². The molecule has 2 aliphatic rings. The molecule has 0 bridgehead atoms. The Morgan fingerprint density at radius 3 is 2.65 bits per heavy atom. The zero-order chi connectivity index (χ0) is 14.4. The van der Waals surface area contributed by atoms with Crippen LogP contribution in [0.3, 0.4) is 0 Å². The lowest BCUT2D eigenvalue weighted by molar-refractivity contribution is 0.552. The molecule has 1 N–H and O–H groups in total. The summed E-state index contributed by atoms with van der Waals surface area (Å²) in [5.41, 5.74) is 0.510. The maximum absolute atomic E-state index is 11.9. The molecule has 0 amide bonds. The van der Waals surface area contributed by atoms with Crippen LogP contribution in [0, 0.1) is 0 Å². The highest BCUT2D eigenvalue weighted by Gasteiger charge is 2.32. The molecule has 1 saturated heterocycles. The zero-order valence-corrected chi connectivity index (χ0v) is 12.2. The topological polar surface area (TPSA) is 92.7 Å². The average molecular weight is 314 g/mol. The number of fused-ring (bicyclic) bond motifs is 1. The van der Waals surface area contributed by atoms with E-state index >= 15 is 0 Å². The van der Waals surface area contributed by atoms with Gasteiger partial charge in [-0.05, 0) is 25.0 Å². The van der Waals surface area contributed by atoms with Gasteiger partial charge in [0, 0.05) is 5.56 Å². The largest absolute Gasteiger partial charge is 0.263 e. The molecule has 0 radical (unpaired) electrons. The molecule has 0 spiro atoms. The van der Waals surface area contributed by atoms with Gasteiger partial charge in [-0.1, -0.05) is 12.1 Å². The van der Waals surface area contributed by atoms with E-state index in [4.69, 9.17) is 0 Å². The highest BCUT2D eigenvalue weighted by molar-refractivity contribution is 7.91. The Kier molecular flexibility index (Phi) is 3.09. The van der Waals surface area contributed by atoms with E-state index in [1.807, 2.05) is 0 Å².